The summed E-state index contributed by atoms with van der Waals surface area (Å²) in [5.41, 5.74) is 9.55. The molecule has 6 rings (SSSR count). The van der Waals surface area contributed by atoms with Gasteiger partial charge in [-0.25, -0.2) is 15.4 Å². The molecular formula is C21H29N7O. The lowest BCUT2D eigenvalue weighted by atomic mass is 9.73. The van der Waals surface area contributed by atoms with E-state index in [0.29, 0.717) is 30.1 Å². The van der Waals surface area contributed by atoms with E-state index < -0.39 is 0 Å². The number of anilines is 1. The van der Waals surface area contributed by atoms with E-state index in [1.807, 2.05) is 17.9 Å². The van der Waals surface area contributed by atoms with Crippen LogP contribution in [0.5, 0.6) is 0 Å². The Morgan fingerprint density at radius 1 is 1.07 bits per heavy atom. The Morgan fingerprint density at radius 2 is 1.93 bits per heavy atom. The average Bonchev–Trinajstić information content (AvgIpc) is 3.46. The maximum Gasteiger partial charge on any atom is 0.132 e. The molecule has 29 heavy (non-hydrogen) atoms. The highest BCUT2D eigenvalue weighted by Crippen LogP contribution is 2.44. The van der Waals surface area contributed by atoms with Gasteiger partial charge in [0.15, 0.2) is 0 Å². The molecule has 2 aromatic rings. The Morgan fingerprint density at radius 3 is 2.72 bits per heavy atom. The second-order valence-electron chi connectivity index (χ2n) is 9.16. The normalized spacial score (nSPS) is 36.4. The first-order chi connectivity index (χ1) is 14.2. The molecule has 1 saturated carbocycles. The van der Waals surface area contributed by atoms with Gasteiger partial charge < -0.3 is 9.64 Å². The van der Waals surface area contributed by atoms with Gasteiger partial charge in [0, 0.05) is 38.4 Å². The van der Waals surface area contributed by atoms with Gasteiger partial charge in [0.05, 0.1) is 30.1 Å². The number of nitrogens with one attached hydrogen (secondary N) is 2. The maximum absolute atomic E-state index is 5.99. The molecule has 8 nitrogen and oxygen atoms in total. The number of hydrazine groups is 1. The first-order valence-electron chi connectivity index (χ1n) is 10.9. The third kappa shape index (κ3) is 3.23. The molecule has 4 aliphatic rings. The van der Waals surface area contributed by atoms with Crippen molar-refractivity contribution in [2.75, 3.05) is 18.0 Å². The molecule has 0 spiro atoms. The summed E-state index contributed by atoms with van der Waals surface area (Å²) in [7, 11) is 2.00. The van der Waals surface area contributed by atoms with E-state index >= 15 is 0 Å². The third-order valence-electron chi connectivity index (χ3n) is 7.31. The van der Waals surface area contributed by atoms with E-state index in [9.17, 15) is 0 Å². The highest BCUT2D eigenvalue weighted by atomic mass is 16.5. The van der Waals surface area contributed by atoms with Gasteiger partial charge >= 0.3 is 0 Å². The van der Waals surface area contributed by atoms with Crippen molar-refractivity contribution in [1.82, 2.24) is 30.6 Å². The third-order valence-corrected chi connectivity index (χ3v) is 7.31. The summed E-state index contributed by atoms with van der Waals surface area (Å²) >= 11 is 0. The van der Waals surface area contributed by atoms with Crippen LogP contribution in [-0.2, 0) is 11.8 Å². The molecule has 5 heterocycles. The fourth-order valence-electron chi connectivity index (χ4n) is 5.81. The minimum atomic E-state index is 0.221. The van der Waals surface area contributed by atoms with Gasteiger partial charge in [0.25, 0.3) is 0 Å². The van der Waals surface area contributed by atoms with Crippen molar-refractivity contribution in [1.29, 1.82) is 0 Å². The standard InChI is InChI=1S/C21H29N7O/c1-27-9-14(8-24-27)13-2-5-18-17(6-13)21(26-25-18)19-7-20(23-12-22-19)28-10-15-3-4-16(11-28)29-15/h7-9,12-13,15-18,21,25-26H,2-6,10-11H2,1H3. The summed E-state index contributed by atoms with van der Waals surface area (Å²) in [6.45, 7) is 1.89. The fourth-order valence-corrected chi connectivity index (χ4v) is 5.81. The number of nitrogens with zero attached hydrogens (tertiary/aromatic N) is 5. The molecule has 2 N–H and O–H groups in total. The Bertz CT molecular complexity index is 873. The van der Waals surface area contributed by atoms with Crippen LogP contribution >= 0.6 is 0 Å². The fraction of sp³-hybridized carbons (Fsp3) is 0.667. The highest BCUT2D eigenvalue weighted by molar-refractivity contribution is 5.41. The Balaban J connectivity index is 1.22. The minimum Gasteiger partial charge on any atom is -0.371 e. The molecule has 2 bridgehead atoms. The van der Waals surface area contributed by atoms with Crippen LogP contribution in [0, 0.1) is 5.92 Å². The SMILES string of the molecule is Cn1cc(C2CCC3NNC(c4cc(N5CC6CCC(C5)O6)ncn4)C3C2)cn1. The van der Waals surface area contributed by atoms with Crippen LogP contribution in [0.2, 0.25) is 0 Å². The molecule has 8 heteroatoms. The van der Waals surface area contributed by atoms with Crippen LogP contribution in [0.25, 0.3) is 0 Å². The monoisotopic (exact) mass is 395 g/mol. The predicted molar refractivity (Wildman–Crippen MR) is 108 cm³/mol. The lowest BCUT2D eigenvalue weighted by Gasteiger charge is -2.34. The van der Waals surface area contributed by atoms with Gasteiger partial charge in [-0.3, -0.25) is 10.1 Å². The maximum atomic E-state index is 5.99. The molecule has 1 aliphatic carbocycles. The zero-order chi connectivity index (χ0) is 19.4. The lowest BCUT2D eigenvalue weighted by Crippen LogP contribution is -2.43. The number of rotatable bonds is 3. The number of ether oxygens (including phenoxy) is 1. The van der Waals surface area contributed by atoms with Gasteiger partial charge in [0.2, 0.25) is 0 Å². The van der Waals surface area contributed by atoms with Crippen LogP contribution in [0.15, 0.2) is 24.8 Å². The molecular weight excluding hydrogens is 366 g/mol. The van der Waals surface area contributed by atoms with Gasteiger partial charge in [-0.1, -0.05) is 0 Å². The summed E-state index contributed by atoms with van der Waals surface area (Å²) in [6, 6.07) is 2.92. The zero-order valence-electron chi connectivity index (χ0n) is 16.9. The largest absolute Gasteiger partial charge is 0.371 e. The molecule has 0 amide bonds. The van der Waals surface area contributed by atoms with E-state index in [1.54, 1.807) is 6.33 Å². The van der Waals surface area contributed by atoms with Gasteiger partial charge in [-0.15, -0.1) is 0 Å². The second-order valence-corrected chi connectivity index (χ2v) is 9.16. The van der Waals surface area contributed by atoms with Gasteiger partial charge in [-0.05, 0) is 49.5 Å². The Labute approximate surface area is 171 Å². The zero-order valence-corrected chi connectivity index (χ0v) is 16.9. The molecule has 2 aromatic heterocycles. The van der Waals surface area contributed by atoms with Crippen LogP contribution < -0.4 is 15.8 Å². The van der Waals surface area contributed by atoms with Crippen molar-refractivity contribution in [3.8, 4) is 0 Å². The second kappa shape index (κ2) is 7.04. The van der Waals surface area contributed by atoms with Crippen molar-refractivity contribution < 1.29 is 4.74 Å². The number of aromatic nitrogens is 4. The first kappa shape index (κ1) is 17.8. The average molecular weight is 396 g/mol. The van der Waals surface area contributed by atoms with Crippen molar-refractivity contribution in [2.24, 2.45) is 13.0 Å². The summed E-state index contributed by atoms with van der Waals surface area (Å²) < 4.78 is 7.90. The minimum absolute atomic E-state index is 0.221. The summed E-state index contributed by atoms with van der Waals surface area (Å²) in [6.07, 6.45) is 12.6. The van der Waals surface area contributed by atoms with E-state index in [-0.39, 0.29) is 6.04 Å². The predicted octanol–water partition coefficient (Wildman–Crippen LogP) is 1.68. The smallest absolute Gasteiger partial charge is 0.132 e. The molecule has 6 atom stereocenters. The Hall–Kier alpha value is -2.03. The molecule has 6 unspecified atom stereocenters. The van der Waals surface area contributed by atoms with Crippen LogP contribution in [-0.4, -0.2) is 51.1 Å². The van der Waals surface area contributed by atoms with E-state index in [1.165, 1.54) is 31.2 Å². The first-order valence-corrected chi connectivity index (χ1v) is 10.9. The van der Waals surface area contributed by atoms with Crippen molar-refractivity contribution in [2.45, 2.75) is 62.3 Å². The molecule has 154 valence electrons. The molecule has 4 fully saturated rings. The highest BCUT2D eigenvalue weighted by Gasteiger charge is 2.42. The van der Waals surface area contributed by atoms with Crippen molar-refractivity contribution >= 4 is 5.82 Å². The number of fused-ring (bicyclic) bond motifs is 3. The topological polar surface area (TPSA) is 80.1 Å². The number of morpholine rings is 1. The van der Waals surface area contributed by atoms with Gasteiger partial charge in [0.1, 0.15) is 12.1 Å². The molecule has 3 saturated heterocycles. The molecule has 0 aromatic carbocycles. The van der Waals surface area contributed by atoms with Crippen molar-refractivity contribution in [3.63, 3.8) is 0 Å². The van der Waals surface area contributed by atoms with E-state index in [2.05, 4.69) is 43.1 Å². The molecule has 3 aliphatic heterocycles. The summed E-state index contributed by atoms with van der Waals surface area (Å²) in [5.74, 6) is 2.14. The van der Waals surface area contributed by atoms with Crippen LogP contribution in [0.4, 0.5) is 5.82 Å². The molecule has 0 radical (unpaired) electrons. The van der Waals surface area contributed by atoms with Crippen LogP contribution in [0.1, 0.15) is 55.3 Å². The number of hydrogen-bond acceptors (Lipinski definition) is 7. The quantitative estimate of drug-likeness (QED) is 0.818. The number of hydrogen-bond donors (Lipinski definition) is 2. The lowest BCUT2D eigenvalue weighted by molar-refractivity contribution is 0.0302. The number of aryl methyl sites for hydroxylation is 1. The van der Waals surface area contributed by atoms with Gasteiger partial charge in [-0.2, -0.15) is 5.10 Å². The van der Waals surface area contributed by atoms with Crippen LogP contribution in [0.3, 0.4) is 0 Å². The van der Waals surface area contributed by atoms with Crippen molar-refractivity contribution in [3.05, 3.63) is 36.0 Å². The van der Waals surface area contributed by atoms with E-state index in [0.717, 1.165) is 31.0 Å². The Kier molecular flexibility index (Phi) is 4.32. The van der Waals surface area contributed by atoms with E-state index in [4.69, 9.17) is 4.74 Å². The summed E-state index contributed by atoms with van der Waals surface area (Å²) in [5, 5.41) is 4.38. The summed E-state index contributed by atoms with van der Waals surface area (Å²) in [4.78, 5) is 11.7.